The lowest BCUT2D eigenvalue weighted by Crippen LogP contribution is -2.83. The van der Waals surface area contributed by atoms with E-state index in [2.05, 4.69) is 44.0 Å². The van der Waals surface area contributed by atoms with Crippen LogP contribution in [0.25, 0.3) is 0 Å². The number of carbonyl (C=O) groups is 3. The number of fused-ring (bicyclic) bond motifs is 7. The van der Waals surface area contributed by atoms with Crippen LogP contribution in [0.1, 0.15) is 96.5 Å². The third-order valence-corrected chi connectivity index (χ3v) is 19.9. The summed E-state index contributed by atoms with van der Waals surface area (Å²) in [5.74, 6) is -1.64. The first kappa shape index (κ1) is 37.9. The van der Waals surface area contributed by atoms with E-state index in [1.54, 1.807) is 6.08 Å². The van der Waals surface area contributed by atoms with Gasteiger partial charge in [0, 0.05) is 55.3 Å². The van der Waals surface area contributed by atoms with Crippen molar-refractivity contribution in [1.29, 1.82) is 0 Å². The molecule has 5 bridgehead atoms. The molecule has 11 aliphatic rings. The van der Waals surface area contributed by atoms with Crippen LogP contribution in [0.2, 0.25) is 0 Å². The lowest BCUT2D eigenvalue weighted by Gasteiger charge is -2.67. The molecule has 1 spiro atoms. The number of hydrogen-bond acceptors (Lipinski definition) is 11. The quantitative estimate of drug-likeness (QED) is 0.189. The van der Waals surface area contributed by atoms with Gasteiger partial charge in [-0.15, -0.1) is 0 Å². The Morgan fingerprint density at radius 3 is 2.52 bits per heavy atom. The number of nitrogens with zero attached hydrogens (tertiary/aromatic N) is 2. The highest BCUT2D eigenvalue weighted by Crippen LogP contribution is 2.73. The smallest absolute Gasteiger partial charge is 0.362 e. The molecule has 4 N–H and O–H groups in total. The second kappa shape index (κ2) is 12.1. The van der Waals surface area contributed by atoms with Gasteiger partial charge in [0.25, 0.3) is 0 Å². The van der Waals surface area contributed by atoms with Gasteiger partial charge >= 0.3 is 17.9 Å². The van der Waals surface area contributed by atoms with Crippen molar-refractivity contribution < 1.29 is 53.5 Å². The number of methoxy groups -OCH3 is 1. The van der Waals surface area contributed by atoms with Gasteiger partial charge in [-0.25, -0.2) is 9.59 Å². The van der Waals surface area contributed by atoms with Gasteiger partial charge in [0.2, 0.25) is 0 Å². The summed E-state index contributed by atoms with van der Waals surface area (Å²) in [5, 5.41) is 50.6. The molecule has 314 valence electrons. The minimum atomic E-state index is -1.50. The third-order valence-electron chi connectivity index (χ3n) is 19.9. The van der Waals surface area contributed by atoms with Crippen molar-refractivity contribution in [3.63, 3.8) is 0 Å². The van der Waals surface area contributed by atoms with Crippen LogP contribution in [0.4, 0.5) is 5.69 Å². The molecule has 4 saturated heterocycles. The van der Waals surface area contributed by atoms with Crippen molar-refractivity contribution in [1.82, 2.24) is 0 Å². The predicted octanol–water partition coefficient (Wildman–Crippen LogP) is 3.51. The minimum absolute atomic E-state index is 0.00132. The molecule has 0 unspecified atom stereocenters. The molecule has 12 nitrogen and oxygen atoms in total. The number of likely N-dealkylation sites (N-methyl/N-ethyl adjacent to an activating group) is 1. The zero-order valence-corrected chi connectivity index (χ0v) is 34.3. The molecule has 1 aromatic rings. The summed E-state index contributed by atoms with van der Waals surface area (Å²) in [6, 6.07) is 8.21. The summed E-state index contributed by atoms with van der Waals surface area (Å²) in [6.07, 6.45) is 6.02. The first-order valence-electron chi connectivity index (χ1n) is 22.3. The van der Waals surface area contributed by atoms with Crippen molar-refractivity contribution in [3.8, 4) is 0 Å². The van der Waals surface area contributed by atoms with Crippen molar-refractivity contribution in [2.75, 3.05) is 32.2 Å². The van der Waals surface area contributed by atoms with Crippen LogP contribution < -0.4 is 4.90 Å². The summed E-state index contributed by atoms with van der Waals surface area (Å²) in [5.41, 5.74) is -1.55. The lowest BCUT2D eigenvalue weighted by molar-refractivity contribution is -1.03. The van der Waals surface area contributed by atoms with E-state index in [0.717, 1.165) is 30.5 Å². The normalized spacial score (nSPS) is 52.6. The van der Waals surface area contributed by atoms with Gasteiger partial charge < -0.3 is 39.5 Å². The Bertz CT molecular complexity index is 2010. The zero-order valence-electron chi connectivity index (χ0n) is 34.3. The maximum absolute atomic E-state index is 14.6. The molecule has 12 heteroatoms. The number of esters is 3. The first-order chi connectivity index (χ1) is 27.7. The van der Waals surface area contributed by atoms with Crippen LogP contribution in [0.5, 0.6) is 0 Å². The molecule has 6 aliphatic heterocycles. The number of para-hydroxylation sites is 1. The summed E-state index contributed by atoms with van der Waals surface area (Å²) >= 11 is 0. The number of piperidine rings is 4. The molecular formula is C46H61N2O10+. The molecule has 0 amide bonds. The van der Waals surface area contributed by atoms with E-state index in [4.69, 9.17) is 14.2 Å². The Labute approximate surface area is 340 Å². The SMILES string of the molecule is CC[C@H]1[C@H]2C[C@H]3[C@@H]4N(C)c5ccccc5[C@]45C[C@@H]([C@@H]2[C@H]5O)[N@@+]3(CC(=O)O[C@H]2CC[C@]3(C(=O)OC)[C@H]4CC[C@]5(C)[C@@H](C6=CC(=O)OC6)CC[C@]5(O)[C@@H]4CC[C@]3(O)C2)[C@@H]1O. The number of aliphatic hydroxyl groups excluding tert-OH is 2. The molecule has 5 aliphatic carbocycles. The maximum atomic E-state index is 14.6. The van der Waals surface area contributed by atoms with Crippen LogP contribution in [-0.2, 0) is 34.0 Å². The van der Waals surface area contributed by atoms with Crippen molar-refractivity contribution >= 4 is 23.6 Å². The molecule has 0 radical (unpaired) electrons. The molecule has 6 heterocycles. The first-order valence-corrected chi connectivity index (χ1v) is 22.3. The highest BCUT2D eigenvalue weighted by molar-refractivity contribution is 5.85. The number of carbonyl (C=O) groups excluding carboxylic acids is 3. The van der Waals surface area contributed by atoms with Crippen LogP contribution in [0, 0.1) is 46.3 Å². The number of benzene rings is 1. The maximum Gasteiger partial charge on any atom is 0.362 e. The highest BCUT2D eigenvalue weighted by Gasteiger charge is 2.83. The van der Waals surface area contributed by atoms with Gasteiger partial charge in [-0.2, -0.15) is 0 Å². The van der Waals surface area contributed by atoms with Gasteiger partial charge in [0.05, 0.1) is 47.3 Å². The fraction of sp³-hybridized carbons (Fsp3) is 0.761. The van der Waals surface area contributed by atoms with E-state index in [0.29, 0.717) is 38.5 Å². The van der Waals surface area contributed by atoms with Gasteiger partial charge in [-0.1, -0.05) is 32.0 Å². The fourth-order valence-corrected chi connectivity index (χ4v) is 17.9. The van der Waals surface area contributed by atoms with E-state index >= 15 is 0 Å². The van der Waals surface area contributed by atoms with Gasteiger partial charge in [-0.3, -0.25) is 9.28 Å². The Balaban J connectivity index is 0.871. The Morgan fingerprint density at radius 1 is 1.00 bits per heavy atom. The Hall–Kier alpha value is -3.03. The topological polar surface area (TPSA) is 163 Å². The van der Waals surface area contributed by atoms with Crippen molar-refractivity contribution in [2.24, 2.45) is 46.3 Å². The van der Waals surface area contributed by atoms with E-state index in [1.165, 1.54) is 12.7 Å². The second-order valence-corrected chi connectivity index (χ2v) is 20.9. The van der Waals surface area contributed by atoms with E-state index in [-0.39, 0.29) is 96.5 Å². The molecule has 5 saturated carbocycles. The molecule has 58 heavy (non-hydrogen) atoms. The van der Waals surface area contributed by atoms with E-state index < -0.39 is 57.8 Å². The summed E-state index contributed by atoms with van der Waals surface area (Å²) in [6.45, 7) is 4.49. The van der Waals surface area contributed by atoms with E-state index in [9.17, 15) is 34.8 Å². The van der Waals surface area contributed by atoms with Crippen LogP contribution in [0.15, 0.2) is 35.9 Å². The minimum Gasteiger partial charge on any atom is -0.468 e. The van der Waals surface area contributed by atoms with Crippen LogP contribution in [0.3, 0.4) is 0 Å². The summed E-state index contributed by atoms with van der Waals surface area (Å²) < 4.78 is 17.5. The van der Waals surface area contributed by atoms with Crippen molar-refractivity contribution in [3.05, 3.63) is 41.5 Å². The van der Waals surface area contributed by atoms with Crippen LogP contribution >= 0.6 is 0 Å². The molecule has 0 aromatic heterocycles. The number of anilines is 1. The number of quaternary nitrogens is 1. The molecule has 9 fully saturated rings. The molecule has 12 rings (SSSR count). The zero-order chi connectivity index (χ0) is 40.5. The number of hydrogen-bond donors (Lipinski definition) is 4. The van der Waals surface area contributed by atoms with Gasteiger partial charge in [0.15, 0.2) is 12.8 Å². The number of cyclic esters (lactones) is 1. The lowest BCUT2D eigenvalue weighted by atomic mass is 9.41. The largest absolute Gasteiger partial charge is 0.468 e. The fourth-order valence-electron chi connectivity index (χ4n) is 17.9. The Morgan fingerprint density at radius 2 is 1.78 bits per heavy atom. The number of ether oxygens (including phenoxy) is 3. The number of aliphatic hydroxyl groups is 4. The van der Waals surface area contributed by atoms with Gasteiger partial charge in [-0.05, 0) is 98.7 Å². The number of rotatable bonds is 6. The van der Waals surface area contributed by atoms with Crippen molar-refractivity contribution in [2.45, 2.75) is 144 Å². The molecule has 18 atom stereocenters. The summed E-state index contributed by atoms with van der Waals surface area (Å²) in [7, 11) is 3.48. The third kappa shape index (κ3) is 4.14. The Kier molecular flexibility index (Phi) is 7.90. The van der Waals surface area contributed by atoms with Gasteiger partial charge in [0.1, 0.15) is 18.8 Å². The molecule has 1 aromatic carbocycles. The average molecular weight is 802 g/mol. The standard InChI is InChI=1S/C46H61N2O10/c1-5-26-27-19-33-38-44(31-8-6-7-9-32(31)47(38)3)21-34(37(27)39(44)51)48(33,40(26)52)22-36(50)58-25-10-16-45(41(53)56-4)29-11-14-42(2)28(24-18-35(49)57-23-24)13-17-46(42,55)30(29)12-15-43(45,54)20-25/h6-9,18,25-30,33-34,37-40,51-52,54-55H,5,10-17,19-23H2,1-4H3/q+1/t25-,26-,27+,28+,29-,30+,33-,34-,37+,38-,39+,40+,42+,43-,44+,45+,46-,48-/m0/s1. The monoisotopic (exact) mass is 801 g/mol. The average Bonchev–Trinajstić information content (AvgIpc) is 3.89. The van der Waals surface area contributed by atoms with E-state index in [1.807, 2.05) is 6.07 Å². The summed E-state index contributed by atoms with van der Waals surface area (Å²) in [4.78, 5) is 43.2. The second-order valence-electron chi connectivity index (χ2n) is 20.9. The predicted molar refractivity (Wildman–Crippen MR) is 208 cm³/mol. The van der Waals surface area contributed by atoms with Crippen LogP contribution in [-0.4, -0.2) is 118 Å². The molecular weight excluding hydrogens is 741 g/mol. The highest BCUT2D eigenvalue weighted by atomic mass is 16.6.